The predicted molar refractivity (Wildman–Crippen MR) is 63.2 cm³/mol. The van der Waals surface area contributed by atoms with Crippen LogP contribution in [0.5, 0.6) is 0 Å². The monoisotopic (exact) mass is 267 g/mol. The highest BCUT2D eigenvalue weighted by Crippen LogP contribution is 1.98. The van der Waals surface area contributed by atoms with E-state index in [0.717, 1.165) is 38.2 Å². The molecule has 0 aliphatic rings. The fourth-order valence-corrected chi connectivity index (χ4v) is 1.60. The highest BCUT2D eigenvalue weighted by Gasteiger charge is 2.03. The lowest BCUT2D eigenvalue weighted by molar-refractivity contribution is 0.113. The maximum Gasteiger partial charge on any atom is 0.0589 e. The Labute approximate surface area is 95.9 Å². The van der Waals surface area contributed by atoms with Crippen molar-refractivity contribution in [3.05, 3.63) is 0 Å². The lowest BCUT2D eigenvalue weighted by Gasteiger charge is -2.21. The van der Waals surface area contributed by atoms with E-state index < -0.39 is 0 Å². The van der Waals surface area contributed by atoms with E-state index in [1.54, 1.807) is 14.2 Å². The van der Waals surface area contributed by atoms with Crippen LogP contribution in [0.2, 0.25) is 0 Å². The van der Waals surface area contributed by atoms with Crippen molar-refractivity contribution in [2.24, 2.45) is 0 Å². The largest absolute Gasteiger partial charge is 0.383 e. The van der Waals surface area contributed by atoms with E-state index in [9.17, 15) is 0 Å². The Hall–Kier alpha value is 0.360. The Kier molecular flexibility index (Phi) is 11.7. The Morgan fingerprint density at radius 1 is 0.929 bits per heavy atom. The van der Waals surface area contributed by atoms with Gasteiger partial charge in [0.15, 0.2) is 0 Å². The second-order valence-electron chi connectivity index (χ2n) is 3.22. The van der Waals surface area contributed by atoms with Gasteiger partial charge in [-0.15, -0.1) is 0 Å². The zero-order valence-corrected chi connectivity index (χ0v) is 10.9. The zero-order chi connectivity index (χ0) is 10.6. The van der Waals surface area contributed by atoms with Crippen LogP contribution in [-0.4, -0.2) is 57.3 Å². The normalized spacial score (nSPS) is 11.1. The molecular formula is C10H22BrNO2. The van der Waals surface area contributed by atoms with Crippen molar-refractivity contribution in [3.63, 3.8) is 0 Å². The number of methoxy groups -OCH3 is 2. The fourth-order valence-electron chi connectivity index (χ4n) is 1.21. The lowest BCUT2D eigenvalue weighted by Crippen LogP contribution is -2.31. The Balaban J connectivity index is 3.49. The molecule has 14 heavy (non-hydrogen) atoms. The highest BCUT2D eigenvalue weighted by molar-refractivity contribution is 9.09. The van der Waals surface area contributed by atoms with E-state index in [2.05, 4.69) is 20.8 Å². The van der Waals surface area contributed by atoms with Crippen LogP contribution in [0.15, 0.2) is 0 Å². The number of rotatable bonds is 10. The van der Waals surface area contributed by atoms with E-state index >= 15 is 0 Å². The molecule has 0 heterocycles. The van der Waals surface area contributed by atoms with Crippen molar-refractivity contribution in [1.82, 2.24) is 4.90 Å². The molecule has 0 rings (SSSR count). The Morgan fingerprint density at radius 3 is 1.93 bits per heavy atom. The fraction of sp³-hybridized carbons (Fsp3) is 1.00. The summed E-state index contributed by atoms with van der Waals surface area (Å²) in [6.07, 6.45) is 2.47. The number of unbranched alkanes of at least 4 members (excludes halogenated alkanes) is 1. The maximum absolute atomic E-state index is 5.07. The van der Waals surface area contributed by atoms with Gasteiger partial charge in [-0.05, 0) is 19.4 Å². The van der Waals surface area contributed by atoms with Crippen molar-refractivity contribution in [2.45, 2.75) is 12.8 Å². The van der Waals surface area contributed by atoms with Crippen LogP contribution in [0.1, 0.15) is 12.8 Å². The van der Waals surface area contributed by atoms with E-state index in [4.69, 9.17) is 9.47 Å². The van der Waals surface area contributed by atoms with E-state index in [1.807, 2.05) is 0 Å². The van der Waals surface area contributed by atoms with Gasteiger partial charge in [0.05, 0.1) is 13.2 Å². The van der Waals surface area contributed by atoms with Gasteiger partial charge >= 0.3 is 0 Å². The van der Waals surface area contributed by atoms with Gasteiger partial charge in [0.1, 0.15) is 0 Å². The van der Waals surface area contributed by atoms with Gasteiger partial charge in [0.2, 0.25) is 0 Å². The Bertz CT molecular complexity index is 106. The minimum absolute atomic E-state index is 0.804. The van der Waals surface area contributed by atoms with Gasteiger partial charge in [-0.1, -0.05) is 15.9 Å². The molecule has 4 heteroatoms. The summed E-state index contributed by atoms with van der Waals surface area (Å²) >= 11 is 3.44. The van der Waals surface area contributed by atoms with E-state index in [1.165, 1.54) is 12.8 Å². The molecule has 0 saturated carbocycles. The first-order valence-electron chi connectivity index (χ1n) is 5.11. The highest BCUT2D eigenvalue weighted by atomic mass is 79.9. The third-order valence-electron chi connectivity index (χ3n) is 2.08. The van der Waals surface area contributed by atoms with Crippen molar-refractivity contribution in [3.8, 4) is 0 Å². The van der Waals surface area contributed by atoms with Crippen LogP contribution in [0.3, 0.4) is 0 Å². The molecule has 0 aliphatic heterocycles. The number of hydrogen-bond acceptors (Lipinski definition) is 3. The van der Waals surface area contributed by atoms with Crippen LogP contribution in [0.25, 0.3) is 0 Å². The number of alkyl halides is 1. The lowest BCUT2D eigenvalue weighted by atomic mass is 10.3. The number of nitrogens with zero attached hydrogens (tertiary/aromatic N) is 1. The van der Waals surface area contributed by atoms with Gasteiger partial charge < -0.3 is 9.47 Å². The van der Waals surface area contributed by atoms with Crippen molar-refractivity contribution in [1.29, 1.82) is 0 Å². The molecule has 0 fully saturated rings. The summed E-state index contributed by atoms with van der Waals surface area (Å²) in [5.74, 6) is 0. The third kappa shape index (κ3) is 8.94. The summed E-state index contributed by atoms with van der Waals surface area (Å²) in [4.78, 5) is 2.38. The summed E-state index contributed by atoms with van der Waals surface area (Å²) in [7, 11) is 3.49. The summed E-state index contributed by atoms with van der Waals surface area (Å²) < 4.78 is 10.1. The van der Waals surface area contributed by atoms with Gasteiger partial charge in [0.25, 0.3) is 0 Å². The minimum atomic E-state index is 0.804. The van der Waals surface area contributed by atoms with Crippen LogP contribution < -0.4 is 0 Å². The van der Waals surface area contributed by atoms with Gasteiger partial charge in [0, 0.05) is 32.6 Å². The molecule has 0 aromatic carbocycles. The molecule has 0 aromatic heterocycles. The summed E-state index contributed by atoms with van der Waals surface area (Å²) in [6.45, 7) is 4.75. The molecule has 0 spiro atoms. The predicted octanol–water partition coefficient (Wildman–Crippen LogP) is 1.76. The summed E-state index contributed by atoms with van der Waals surface area (Å²) in [5, 5.41) is 1.09. The smallest absolute Gasteiger partial charge is 0.0589 e. The van der Waals surface area contributed by atoms with Crippen molar-refractivity contribution >= 4 is 15.9 Å². The topological polar surface area (TPSA) is 21.7 Å². The molecule has 0 radical (unpaired) electrons. The van der Waals surface area contributed by atoms with Gasteiger partial charge in [-0.2, -0.15) is 0 Å². The van der Waals surface area contributed by atoms with Gasteiger partial charge in [-0.25, -0.2) is 0 Å². The van der Waals surface area contributed by atoms with E-state index in [0.29, 0.717) is 0 Å². The number of ether oxygens (including phenoxy) is 2. The van der Waals surface area contributed by atoms with Crippen LogP contribution >= 0.6 is 15.9 Å². The second kappa shape index (κ2) is 11.4. The van der Waals surface area contributed by atoms with Crippen LogP contribution in [-0.2, 0) is 9.47 Å². The van der Waals surface area contributed by atoms with Crippen LogP contribution in [0, 0.1) is 0 Å². The first-order valence-corrected chi connectivity index (χ1v) is 6.23. The Morgan fingerprint density at radius 2 is 1.50 bits per heavy atom. The average molecular weight is 268 g/mol. The molecule has 0 aliphatic carbocycles. The molecule has 0 aromatic rings. The molecule has 86 valence electrons. The second-order valence-corrected chi connectivity index (χ2v) is 4.02. The van der Waals surface area contributed by atoms with Crippen LogP contribution in [0.4, 0.5) is 0 Å². The third-order valence-corrected chi connectivity index (χ3v) is 2.64. The van der Waals surface area contributed by atoms with E-state index in [-0.39, 0.29) is 0 Å². The molecule has 0 unspecified atom stereocenters. The van der Waals surface area contributed by atoms with Crippen molar-refractivity contribution < 1.29 is 9.47 Å². The standard InChI is InChI=1S/C10H22BrNO2/c1-13-9-7-12(8-10-14-2)6-4-3-5-11/h3-10H2,1-2H3. The van der Waals surface area contributed by atoms with Crippen molar-refractivity contribution in [2.75, 3.05) is 52.4 Å². The summed E-state index contributed by atoms with van der Waals surface area (Å²) in [5.41, 5.74) is 0. The molecule has 0 amide bonds. The molecule has 0 bridgehead atoms. The summed E-state index contributed by atoms with van der Waals surface area (Å²) in [6, 6.07) is 0. The molecular weight excluding hydrogens is 246 g/mol. The molecule has 3 nitrogen and oxygen atoms in total. The van der Waals surface area contributed by atoms with Gasteiger partial charge in [-0.3, -0.25) is 4.90 Å². The molecule has 0 N–H and O–H groups in total. The molecule has 0 atom stereocenters. The number of halogens is 1. The molecule has 0 saturated heterocycles. The minimum Gasteiger partial charge on any atom is -0.383 e. The maximum atomic E-state index is 5.07. The average Bonchev–Trinajstić information content (AvgIpc) is 2.21. The quantitative estimate of drug-likeness (QED) is 0.445. The SMILES string of the molecule is COCCN(CCCCBr)CCOC. The first kappa shape index (κ1) is 14.4. The zero-order valence-electron chi connectivity index (χ0n) is 9.30. The number of hydrogen-bond donors (Lipinski definition) is 0. The first-order chi connectivity index (χ1) is 6.85.